The first-order valence-corrected chi connectivity index (χ1v) is 13.1. The van der Waals surface area contributed by atoms with E-state index < -0.39 is 0 Å². The highest BCUT2D eigenvalue weighted by Crippen LogP contribution is 2.29. The Balaban J connectivity index is 1.43. The second-order valence-electron chi connectivity index (χ2n) is 8.67. The van der Waals surface area contributed by atoms with Crippen LogP contribution < -0.4 is 14.8 Å². The minimum absolute atomic E-state index is 0.106. The number of carbonyl (C=O) groups excluding carboxylic acids is 3. The number of carbonyl (C=O) groups is 3. The minimum atomic E-state index is -0.380. The van der Waals surface area contributed by atoms with Crippen molar-refractivity contribution in [3.05, 3.63) is 83.4 Å². The van der Waals surface area contributed by atoms with Gasteiger partial charge in [0.1, 0.15) is 0 Å². The van der Waals surface area contributed by atoms with Crippen molar-refractivity contribution in [2.24, 2.45) is 0 Å². The standard InChI is InChI=1S/C29H30N2O5S/c1-4-35-24-14-13-23(17-25(24)36-5-2)28(33)31(3)18-20-7-6-8-22(15-20)21-11-9-19(10-12-21)16-26-27(32)30-29(34)37-26/h6-15,17,26H,4-5,16,18H2,1-3H3,(H,30,32,34). The molecule has 192 valence electrons. The predicted octanol–water partition coefficient (Wildman–Crippen LogP) is 5.32. The lowest BCUT2D eigenvalue weighted by Crippen LogP contribution is -2.26. The lowest BCUT2D eigenvalue weighted by atomic mass is 10.00. The molecule has 0 bridgehead atoms. The van der Waals surface area contributed by atoms with Gasteiger partial charge in [0.05, 0.1) is 18.5 Å². The van der Waals surface area contributed by atoms with E-state index in [1.807, 2.05) is 56.3 Å². The first-order valence-electron chi connectivity index (χ1n) is 12.2. The number of benzene rings is 3. The number of hydrogen-bond donors (Lipinski definition) is 1. The maximum atomic E-state index is 13.1. The molecule has 0 radical (unpaired) electrons. The molecular formula is C29H30N2O5S. The number of thioether (sulfide) groups is 1. The van der Waals surface area contributed by atoms with Crippen LogP contribution in [0.2, 0.25) is 0 Å². The normalized spacial score (nSPS) is 14.8. The SMILES string of the molecule is CCOc1ccc(C(=O)N(C)Cc2cccc(-c3ccc(CC4SC(=O)NC4=O)cc3)c2)cc1OCC. The van der Waals surface area contributed by atoms with E-state index in [1.54, 1.807) is 30.1 Å². The number of amides is 3. The Hall–Kier alpha value is -3.78. The Bertz CT molecular complexity index is 1290. The summed E-state index contributed by atoms with van der Waals surface area (Å²) >= 11 is 1.04. The molecule has 0 aromatic heterocycles. The Kier molecular flexibility index (Phi) is 8.50. The highest BCUT2D eigenvalue weighted by Gasteiger charge is 2.31. The molecule has 8 heteroatoms. The Labute approximate surface area is 221 Å². The average molecular weight is 519 g/mol. The predicted molar refractivity (Wildman–Crippen MR) is 145 cm³/mol. The van der Waals surface area contributed by atoms with Gasteiger partial charge >= 0.3 is 0 Å². The second kappa shape index (κ2) is 12.0. The molecule has 3 aromatic rings. The average Bonchev–Trinajstić information content (AvgIpc) is 3.21. The van der Waals surface area contributed by atoms with Gasteiger partial charge in [-0.3, -0.25) is 19.7 Å². The van der Waals surface area contributed by atoms with Gasteiger partial charge in [0, 0.05) is 19.2 Å². The summed E-state index contributed by atoms with van der Waals surface area (Å²) in [7, 11) is 1.78. The molecule has 1 unspecified atom stereocenters. The van der Waals surface area contributed by atoms with Gasteiger partial charge in [0.2, 0.25) is 5.91 Å². The Morgan fingerprint density at radius 2 is 1.62 bits per heavy atom. The molecule has 7 nitrogen and oxygen atoms in total. The molecule has 1 aliphatic heterocycles. The maximum absolute atomic E-state index is 13.1. The van der Waals surface area contributed by atoms with E-state index in [0.29, 0.717) is 43.2 Å². The van der Waals surface area contributed by atoms with Crippen molar-refractivity contribution in [2.75, 3.05) is 20.3 Å². The third kappa shape index (κ3) is 6.51. The van der Waals surface area contributed by atoms with E-state index in [2.05, 4.69) is 11.4 Å². The monoisotopic (exact) mass is 518 g/mol. The van der Waals surface area contributed by atoms with Crippen molar-refractivity contribution in [2.45, 2.75) is 32.1 Å². The third-order valence-corrected chi connectivity index (χ3v) is 6.94. The zero-order chi connectivity index (χ0) is 26.4. The first-order chi connectivity index (χ1) is 17.9. The van der Waals surface area contributed by atoms with Gasteiger partial charge in [0.15, 0.2) is 11.5 Å². The van der Waals surface area contributed by atoms with Gasteiger partial charge in [-0.2, -0.15) is 0 Å². The number of nitrogens with zero attached hydrogens (tertiary/aromatic N) is 1. The highest BCUT2D eigenvalue weighted by atomic mass is 32.2. The fraction of sp³-hybridized carbons (Fsp3) is 0.276. The van der Waals surface area contributed by atoms with E-state index in [4.69, 9.17) is 9.47 Å². The molecule has 1 atom stereocenters. The van der Waals surface area contributed by atoms with Crippen molar-refractivity contribution < 1.29 is 23.9 Å². The second-order valence-corrected chi connectivity index (χ2v) is 9.85. The van der Waals surface area contributed by atoms with Crippen LogP contribution in [0.5, 0.6) is 11.5 Å². The molecule has 1 heterocycles. The molecule has 3 aromatic carbocycles. The fourth-order valence-corrected chi connectivity index (χ4v) is 5.03. The van der Waals surface area contributed by atoms with Crippen LogP contribution in [0.1, 0.15) is 35.3 Å². The summed E-state index contributed by atoms with van der Waals surface area (Å²) in [5.41, 5.74) is 4.61. The summed E-state index contributed by atoms with van der Waals surface area (Å²) in [5.74, 6) is 0.852. The summed E-state index contributed by atoms with van der Waals surface area (Å²) < 4.78 is 11.3. The largest absolute Gasteiger partial charge is 0.490 e. The van der Waals surface area contributed by atoms with Gasteiger partial charge in [0.25, 0.3) is 11.1 Å². The molecular weight excluding hydrogens is 488 g/mol. The van der Waals surface area contributed by atoms with E-state index in [9.17, 15) is 14.4 Å². The van der Waals surface area contributed by atoms with Crippen molar-refractivity contribution in [3.8, 4) is 22.6 Å². The summed E-state index contributed by atoms with van der Waals surface area (Å²) in [6.45, 7) is 5.25. The zero-order valence-corrected chi connectivity index (χ0v) is 22.0. The van der Waals surface area contributed by atoms with Crippen LogP contribution in [-0.4, -0.2) is 47.5 Å². The number of nitrogens with one attached hydrogen (secondary N) is 1. The summed E-state index contributed by atoms with van der Waals surface area (Å²) in [5, 5.41) is 1.66. The lowest BCUT2D eigenvalue weighted by molar-refractivity contribution is -0.118. The fourth-order valence-electron chi connectivity index (χ4n) is 4.17. The van der Waals surface area contributed by atoms with E-state index in [0.717, 1.165) is 34.0 Å². The first kappa shape index (κ1) is 26.3. The Morgan fingerprint density at radius 1 is 0.892 bits per heavy atom. The highest BCUT2D eigenvalue weighted by molar-refractivity contribution is 8.15. The van der Waals surface area contributed by atoms with Gasteiger partial charge in [-0.25, -0.2) is 0 Å². The molecule has 37 heavy (non-hydrogen) atoms. The topological polar surface area (TPSA) is 84.9 Å². The molecule has 3 amide bonds. The van der Waals surface area contributed by atoms with Crippen molar-refractivity contribution in [3.63, 3.8) is 0 Å². The summed E-state index contributed by atoms with van der Waals surface area (Å²) in [4.78, 5) is 38.0. The van der Waals surface area contributed by atoms with Crippen molar-refractivity contribution >= 4 is 28.8 Å². The maximum Gasteiger partial charge on any atom is 0.286 e. The third-order valence-electron chi connectivity index (χ3n) is 5.96. The quantitative estimate of drug-likeness (QED) is 0.391. The molecule has 1 aliphatic rings. The zero-order valence-electron chi connectivity index (χ0n) is 21.2. The van der Waals surface area contributed by atoms with Gasteiger partial charge in [-0.05, 0) is 66.8 Å². The summed E-state index contributed by atoms with van der Waals surface area (Å²) in [6.07, 6.45) is 0.506. The molecule has 4 rings (SSSR count). The molecule has 0 spiro atoms. The van der Waals surface area contributed by atoms with Crippen LogP contribution in [0, 0.1) is 0 Å². The van der Waals surface area contributed by atoms with E-state index in [-0.39, 0.29) is 22.3 Å². The smallest absolute Gasteiger partial charge is 0.286 e. The van der Waals surface area contributed by atoms with Crippen LogP contribution in [-0.2, 0) is 17.8 Å². The van der Waals surface area contributed by atoms with Crippen LogP contribution in [0.25, 0.3) is 11.1 Å². The Morgan fingerprint density at radius 3 is 2.30 bits per heavy atom. The number of ether oxygens (including phenoxy) is 2. The number of hydrogen-bond acceptors (Lipinski definition) is 6. The van der Waals surface area contributed by atoms with Crippen LogP contribution in [0.15, 0.2) is 66.7 Å². The van der Waals surface area contributed by atoms with Gasteiger partial charge in [-0.15, -0.1) is 0 Å². The number of imide groups is 1. The van der Waals surface area contributed by atoms with Crippen molar-refractivity contribution in [1.82, 2.24) is 10.2 Å². The van der Waals surface area contributed by atoms with E-state index in [1.165, 1.54) is 0 Å². The van der Waals surface area contributed by atoms with Crippen LogP contribution in [0.3, 0.4) is 0 Å². The van der Waals surface area contributed by atoms with Crippen LogP contribution >= 0.6 is 11.8 Å². The van der Waals surface area contributed by atoms with Crippen LogP contribution in [0.4, 0.5) is 4.79 Å². The lowest BCUT2D eigenvalue weighted by Gasteiger charge is -2.19. The molecule has 0 saturated carbocycles. The van der Waals surface area contributed by atoms with Crippen molar-refractivity contribution in [1.29, 1.82) is 0 Å². The molecule has 1 fully saturated rings. The molecule has 1 N–H and O–H groups in total. The van der Waals surface area contributed by atoms with Gasteiger partial charge in [-0.1, -0.05) is 54.2 Å². The number of rotatable bonds is 10. The van der Waals surface area contributed by atoms with Gasteiger partial charge < -0.3 is 14.4 Å². The molecule has 0 aliphatic carbocycles. The minimum Gasteiger partial charge on any atom is -0.490 e. The van der Waals surface area contributed by atoms with E-state index >= 15 is 0 Å². The molecule has 1 saturated heterocycles. The summed E-state index contributed by atoms with van der Waals surface area (Å²) in [6, 6.07) is 21.3.